The summed E-state index contributed by atoms with van der Waals surface area (Å²) in [5.41, 5.74) is 0. The zero-order chi connectivity index (χ0) is 13.0. The van der Waals surface area contributed by atoms with Gasteiger partial charge in [0.15, 0.2) is 0 Å². The fraction of sp³-hybridized carbons (Fsp3) is 0.833. The highest BCUT2D eigenvalue weighted by Crippen LogP contribution is 2.22. The second kappa shape index (κ2) is 6.00. The van der Waals surface area contributed by atoms with Crippen molar-refractivity contribution in [1.29, 1.82) is 0 Å². The molecule has 0 bridgehead atoms. The first kappa shape index (κ1) is 14.0. The third kappa shape index (κ3) is 3.19. The monoisotopic (exact) mass is 242 g/mol. The van der Waals surface area contributed by atoms with Gasteiger partial charge in [-0.3, -0.25) is 9.59 Å². The van der Waals surface area contributed by atoms with E-state index in [2.05, 4.69) is 0 Å². The van der Waals surface area contributed by atoms with E-state index in [1.54, 1.807) is 4.90 Å². The number of aliphatic hydroxyl groups is 1. The topological polar surface area (TPSA) is 60.9 Å². The minimum absolute atomic E-state index is 0.123. The lowest BCUT2D eigenvalue weighted by Gasteiger charge is -2.39. The van der Waals surface area contributed by atoms with E-state index in [0.717, 1.165) is 19.3 Å². The third-order valence-corrected chi connectivity index (χ3v) is 3.39. The van der Waals surface area contributed by atoms with Crippen molar-refractivity contribution in [2.24, 2.45) is 0 Å². The number of carbonyl (C=O) groups is 2. The Morgan fingerprint density at radius 3 is 2.29 bits per heavy atom. The third-order valence-electron chi connectivity index (χ3n) is 3.39. The number of likely N-dealkylation sites (tertiary alicyclic amines) is 1. The van der Waals surface area contributed by atoms with Crippen molar-refractivity contribution < 1.29 is 14.7 Å². The highest BCUT2D eigenvalue weighted by atomic mass is 16.3. The predicted molar refractivity (Wildman–Crippen MR) is 64.3 cm³/mol. The molecule has 1 rings (SSSR count). The molecule has 1 aliphatic heterocycles. The van der Waals surface area contributed by atoms with Crippen molar-refractivity contribution in [3.05, 3.63) is 0 Å². The van der Waals surface area contributed by atoms with Crippen LogP contribution in [0.4, 0.5) is 0 Å². The largest absolute Gasteiger partial charge is 0.395 e. The summed E-state index contributed by atoms with van der Waals surface area (Å²) in [6.07, 6.45) is 3.01. The Hall–Kier alpha value is -1.10. The van der Waals surface area contributed by atoms with E-state index in [1.165, 1.54) is 11.9 Å². The molecule has 0 aromatic rings. The van der Waals surface area contributed by atoms with Crippen LogP contribution >= 0.6 is 0 Å². The Kier molecular flexibility index (Phi) is 4.93. The van der Waals surface area contributed by atoms with Crippen LogP contribution in [0.1, 0.15) is 33.1 Å². The fourth-order valence-electron chi connectivity index (χ4n) is 2.35. The van der Waals surface area contributed by atoms with Crippen LogP contribution in [0, 0.1) is 0 Å². The van der Waals surface area contributed by atoms with Crippen molar-refractivity contribution in [1.82, 2.24) is 9.80 Å². The molecule has 1 fully saturated rings. The van der Waals surface area contributed by atoms with Crippen LogP contribution in [0.2, 0.25) is 0 Å². The number of nitrogens with zero attached hydrogens (tertiary/aromatic N) is 2. The number of hydrogen-bond acceptors (Lipinski definition) is 3. The van der Waals surface area contributed by atoms with E-state index in [4.69, 9.17) is 5.11 Å². The van der Waals surface area contributed by atoms with Crippen molar-refractivity contribution in [2.45, 2.75) is 45.2 Å². The summed E-state index contributed by atoms with van der Waals surface area (Å²) in [6.45, 7) is 4.03. The molecular formula is C12H22N2O3. The van der Waals surface area contributed by atoms with Crippen molar-refractivity contribution in [3.63, 3.8) is 0 Å². The molecule has 1 heterocycles. The standard InChI is InChI=1S/C12H22N2O3/c1-9-5-4-6-10(2)14(9)12(17)11(16)13(3)7-8-15/h9-10,15H,4-8H2,1-3H3. The van der Waals surface area contributed by atoms with Crippen LogP contribution in [0.25, 0.3) is 0 Å². The highest BCUT2D eigenvalue weighted by molar-refractivity contribution is 6.35. The number of likely N-dealkylation sites (N-methyl/N-ethyl adjacent to an activating group) is 1. The zero-order valence-corrected chi connectivity index (χ0v) is 10.8. The minimum Gasteiger partial charge on any atom is -0.395 e. The molecule has 1 saturated heterocycles. The molecule has 1 aliphatic rings. The molecule has 0 radical (unpaired) electrons. The van der Waals surface area contributed by atoms with Crippen LogP contribution in [-0.2, 0) is 9.59 Å². The normalized spacial score (nSPS) is 24.6. The van der Waals surface area contributed by atoms with Crippen LogP contribution in [0.5, 0.6) is 0 Å². The summed E-state index contributed by atoms with van der Waals surface area (Å²) in [5, 5.41) is 8.76. The van der Waals surface area contributed by atoms with Gasteiger partial charge < -0.3 is 14.9 Å². The van der Waals surface area contributed by atoms with Gasteiger partial charge in [0, 0.05) is 25.7 Å². The second-order valence-electron chi connectivity index (χ2n) is 4.79. The number of aliphatic hydroxyl groups excluding tert-OH is 1. The smallest absolute Gasteiger partial charge is 0.312 e. The maximum Gasteiger partial charge on any atom is 0.312 e. The van der Waals surface area contributed by atoms with Gasteiger partial charge in [-0.1, -0.05) is 0 Å². The number of piperidine rings is 1. The van der Waals surface area contributed by atoms with Crippen LogP contribution < -0.4 is 0 Å². The molecule has 0 aromatic heterocycles. The van der Waals surface area contributed by atoms with Crippen molar-refractivity contribution in [2.75, 3.05) is 20.2 Å². The van der Waals surface area contributed by atoms with E-state index in [9.17, 15) is 9.59 Å². The van der Waals surface area contributed by atoms with Crippen LogP contribution in [-0.4, -0.2) is 59.0 Å². The van der Waals surface area contributed by atoms with Gasteiger partial charge in [-0.25, -0.2) is 0 Å². The Balaban J connectivity index is 2.70. The fourth-order valence-corrected chi connectivity index (χ4v) is 2.35. The van der Waals surface area contributed by atoms with Gasteiger partial charge in [0.25, 0.3) is 0 Å². The molecule has 1 N–H and O–H groups in total. The van der Waals surface area contributed by atoms with Crippen LogP contribution in [0.15, 0.2) is 0 Å². The van der Waals surface area contributed by atoms with Gasteiger partial charge in [-0.05, 0) is 33.1 Å². The van der Waals surface area contributed by atoms with E-state index < -0.39 is 11.8 Å². The van der Waals surface area contributed by atoms with Gasteiger partial charge in [0.2, 0.25) is 0 Å². The Labute approximate surface area is 102 Å². The molecule has 5 heteroatoms. The first-order valence-corrected chi connectivity index (χ1v) is 6.17. The predicted octanol–water partition coefficient (Wildman–Crippen LogP) is 0.227. The average molecular weight is 242 g/mol. The van der Waals surface area contributed by atoms with Gasteiger partial charge >= 0.3 is 11.8 Å². The zero-order valence-electron chi connectivity index (χ0n) is 10.8. The summed E-state index contributed by atoms with van der Waals surface area (Å²) in [7, 11) is 1.54. The Morgan fingerprint density at radius 1 is 1.29 bits per heavy atom. The van der Waals surface area contributed by atoms with Gasteiger partial charge in [-0.2, -0.15) is 0 Å². The summed E-state index contributed by atoms with van der Waals surface area (Å²) < 4.78 is 0. The van der Waals surface area contributed by atoms with Crippen molar-refractivity contribution in [3.8, 4) is 0 Å². The Bertz CT molecular complexity index is 283. The summed E-state index contributed by atoms with van der Waals surface area (Å²) in [6, 6.07) is 0.246. The molecule has 17 heavy (non-hydrogen) atoms. The highest BCUT2D eigenvalue weighted by Gasteiger charge is 2.33. The van der Waals surface area contributed by atoms with E-state index in [1.807, 2.05) is 13.8 Å². The molecule has 0 spiro atoms. The average Bonchev–Trinajstić information content (AvgIpc) is 2.27. The minimum atomic E-state index is -0.528. The molecule has 2 unspecified atom stereocenters. The van der Waals surface area contributed by atoms with Gasteiger partial charge in [0.05, 0.1) is 6.61 Å². The number of carbonyl (C=O) groups excluding carboxylic acids is 2. The van der Waals surface area contributed by atoms with Crippen molar-refractivity contribution >= 4 is 11.8 Å². The summed E-state index contributed by atoms with van der Waals surface area (Å²) in [4.78, 5) is 26.9. The molecule has 0 saturated carbocycles. The van der Waals surface area contributed by atoms with Crippen LogP contribution in [0.3, 0.4) is 0 Å². The second-order valence-corrected chi connectivity index (χ2v) is 4.79. The van der Waals surface area contributed by atoms with E-state index in [0.29, 0.717) is 0 Å². The number of amides is 2. The quantitative estimate of drug-likeness (QED) is 0.705. The molecule has 5 nitrogen and oxygen atoms in total. The van der Waals surface area contributed by atoms with E-state index in [-0.39, 0.29) is 25.2 Å². The summed E-state index contributed by atoms with van der Waals surface area (Å²) in [5.74, 6) is -0.972. The first-order valence-electron chi connectivity index (χ1n) is 6.17. The maximum atomic E-state index is 12.1. The van der Waals surface area contributed by atoms with Gasteiger partial charge in [0.1, 0.15) is 0 Å². The molecule has 2 atom stereocenters. The SMILES string of the molecule is CC1CCCC(C)N1C(=O)C(=O)N(C)CCO. The lowest BCUT2D eigenvalue weighted by atomic mass is 9.97. The lowest BCUT2D eigenvalue weighted by Crippen LogP contribution is -2.53. The Morgan fingerprint density at radius 2 is 1.82 bits per heavy atom. The van der Waals surface area contributed by atoms with E-state index >= 15 is 0 Å². The molecular weight excluding hydrogens is 220 g/mol. The lowest BCUT2D eigenvalue weighted by molar-refractivity contribution is -0.155. The number of hydrogen-bond donors (Lipinski definition) is 1. The molecule has 2 amide bonds. The maximum absolute atomic E-state index is 12.1. The summed E-state index contributed by atoms with van der Waals surface area (Å²) >= 11 is 0. The molecule has 0 aliphatic carbocycles. The number of rotatable bonds is 2. The molecule has 98 valence electrons. The molecule has 0 aromatic carbocycles. The first-order chi connectivity index (χ1) is 7.99. The van der Waals surface area contributed by atoms with Gasteiger partial charge in [-0.15, -0.1) is 0 Å².